The average Bonchev–Trinajstić information content (AvgIpc) is 2.46. The van der Waals surface area contributed by atoms with Gasteiger partial charge in [0.1, 0.15) is 0 Å². The maximum atomic E-state index is 6.95. The predicted molar refractivity (Wildman–Crippen MR) is 101 cm³/mol. The van der Waals surface area contributed by atoms with Gasteiger partial charge < -0.3 is 14.2 Å². The normalized spacial score (nSPS) is 46.6. The lowest BCUT2D eigenvalue weighted by Gasteiger charge is -2.72. The van der Waals surface area contributed by atoms with Gasteiger partial charge in [-0.05, 0) is 26.9 Å². The Morgan fingerprint density at radius 2 is 1.04 bits per heavy atom. The van der Waals surface area contributed by atoms with Gasteiger partial charge in [0.25, 0.3) is 0 Å². The molecule has 4 saturated heterocycles. The molecule has 4 aliphatic rings. The van der Waals surface area contributed by atoms with Crippen LogP contribution < -0.4 is 0 Å². The van der Waals surface area contributed by atoms with Gasteiger partial charge in [-0.25, -0.2) is 0 Å². The zero-order valence-corrected chi connectivity index (χ0v) is 17.3. The van der Waals surface area contributed by atoms with Crippen molar-refractivity contribution in [3.8, 4) is 0 Å². The molecule has 4 unspecified atom stereocenters. The molecule has 4 heteroatoms. The van der Waals surface area contributed by atoms with Gasteiger partial charge in [-0.3, -0.25) is 0 Å². The third-order valence-electron chi connectivity index (χ3n) is 6.06. The molecule has 0 amide bonds. The molecule has 0 aromatic heterocycles. The molecule has 0 aromatic carbocycles. The first kappa shape index (κ1) is 19.1. The molecule has 24 heavy (non-hydrogen) atoms. The van der Waals surface area contributed by atoms with Crippen LogP contribution in [0.4, 0.5) is 0 Å². The quantitative estimate of drug-likeness (QED) is 0.451. The van der Waals surface area contributed by atoms with E-state index in [0.717, 1.165) is 38.5 Å². The van der Waals surface area contributed by atoms with E-state index < -0.39 is 11.6 Å². The van der Waals surface area contributed by atoms with E-state index in [4.69, 9.17) is 14.2 Å². The molecular weight excluding hydrogens is 319 g/mol. The fourth-order valence-corrected chi connectivity index (χ4v) is 10.2. The Morgan fingerprint density at radius 1 is 0.625 bits per heavy atom. The highest BCUT2D eigenvalue weighted by Gasteiger charge is 2.74. The summed E-state index contributed by atoms with van der Waals surface area (Å²) in [7, 11) is -0.294. The van der Waals surface area contributed by atoms with Crippen LogP contribution in [-0.4, -0.2) is 28.4 Å². The van der Waals surface area contributed by atoms with Crippen LogP contribution in [-0.2, 0) is 14.2 Å². The third kappa shape index (κ3) is 2.79. The molecule has 4 aliphatic heterocycles. The number of rotatable bonds is 9. The molecule has 4 fully saturated rings. The zero-order valence-electron chi connectivity index (χ0n) is 16.5. The lowest BCUT2D eigenvalue weighted by atomic mass is 9.88. The first-order valence-corrected chi connectivity index (χ1v) is 11.9. The SMILES string of the molecule is CCCC12CC3(CCC)OC(CCC)(CC(CCC)(O1)P3CC)O2. The van der Waals surface area contributed by atoms with Crippen molar-refractivity contribution in [3.05, 3.63) is 0 Å². The lowest BCUT2D eigenvalue weighted by molar-refractivity contribution is -0.486. The molecule has 4 atom stereocenters. The van der Waals surface area contributed by atoms with Gasteiger partial charge in [-0.1, -0.05) is 60.3 Å². The minimum absolute atomic E-state index is 0.0209. The second-order valence-corrected chi connectivity index (χ2v) is 11.2. The highest BCUT2D eigenvalue weighted by molar-refractivity contribution is 7.60. The van der Waals surface area contributed by atoms with Crippen molar-refractivity contribution in [1.82, 2.24) is 0 Å². The zero-order chi connectivity index (χ0) is 17.5. The van der Waals surface area contributed by atoms with Gasteiger partial charge in [0.05, 0.1) is 10.7 Å². The summed E-state index contributed by atoms with van der Waals surface area (Å²) in [5.41, 5.74) is 0. The summed E-state index contributed by atoms with van der Waals surface area (Å²) in [4.78, 5) is 0. The minimum atomic E-state index is -0.390. The summed E-state index contributed by atoms with van der Waals surface area (Å²) in [5.74, 6) is -0.780. The lowest BCUT2D eigenvalue weighted by Crippen LogP contribution is -2.74. The second-order valence-electron chi connectivity index (χ2n) is 8.12. The molecule has 0 N–H and O–H groups in total. The van der Waals surface area contributed by atoms with Gasteiger partial charge in [0, 0.05) is 25.7 Å². The van der Waals surface area contributed by atoms with Crippen LogP contribution >= 0.6 is 7.92 Å². The Hall–Kier alpha value is 0.310. The molecule has 140 valence electrons. The smallest absolute Gasteiger partial charge is 0.176 e. The molecule has 0 radical (unpaired) electrons. The van der Waals surface area contributed by atoms with Crippen molar-refractivity contribution in [3.63, 3.8) is 0 Å². The van der Waals surface area contributed by atoms with Crippen LogP contribution in [0.3, 0.4) is 0 Å². The van der Waals surface area contributed by atoms with E-state index in [0.29, 0.717) is 0 Å². The van der Waals surface area contributed by atoms with Crippen LogP contribution in [0.15, 0.2) is 0 Å². The molecule has 0 aromatic rings. The van der Waals surface area contributed by atoms with Crippen LogP contribution in [0, 0.1) is 0 Å². The fourth-order valence-electron chi connectivity index (χ4n) is 5.85. The maximum Gasteiger partial charge on any atom is 0.176 e. The highest BCUT2D eigenvalue weighted by atomic mass is 31.1. The summed E-state index contributed by atoms with van der Waals surface area (Å²) in [5, 5.41) is 0.0419. The fraction of sp³-hybridized carbons (Fsp3) is 1.00. The standard InChI is InChI=1S/C20H37O3P/c1-6-11-17-15-19(13-8-3)23-18(21-17,12-7-2)16-20(22-17,14-9-4)24(19)10-5/h6-16H2,1-5H3. The van der Waals surface area contributed by atoms with Gasteiger partial charge in [0.2, 0.25) is 0 Å². The van der Waals surface area contributed by atoms with Crippen molar-refractivity contribution in [2.24, 2.45) is 0 Å². The Bertz CT molecular complexity index is 400. The van der Waals surface area contributed by atoms with Gasteiger partial charge in [-0.2, -0.15) is 0 Å². The van der Waals surface area contributed by atoms with Crippen LogP contribution in [0.2, 0.25) is 0 Å². The van der Waals surface area contributed by atoms with E-state index in [2.05, 4.69) is 34.6 Å². The van der Waals surface area contributed by atoms with Crippen LogP contribution in [0.25, 0.3) is 0 Å². The Morgan fingerprint density at radius 3 is 1.38 bits per heavy atom. The molecular formula is C20H37O3P. The van der Waals surface area contributed by atoms with Crippen molar-refractivity contribution in [2.75, 3.05) is 6.16 Å². The third-order valence-corrected chi connectivity index (χ3v) is 9.60. The van der Waals surface area contributed by atoms with Crippen molar-refractivity contribution in [2.45, 2.75) is 121 Å². The Labute approximate surface area is 149 Å². The van der Waals surface area contributed by atoms with E-state index in [9.17, 15) is 0 Å². The van der Waals surface area contributed by atoms with Gasteiger partial charge >= 0.3 is 0 Å². The predicted octanol–water partition coefficient (Wildman–Crippen LogP) is 6.34. The number of hydrogen-bond acceptors (Lipinski definition) is 3. The van der Waals surface area contributed by atoms with Crippen LogP contribution in [0.1, 0.15) is 98.8 Å². The van der Waals surface area contributed by atoms with Crippen molar-refractivity contribution in [1.29, 1.82) is 0 Å². The maximum absolute atomic E-state index is 6.95. The number of hydrogen-bond donors (Lipinski definition) is 0. The molecule has 4 rings (SSSR count). The Kier molecular flexibility index (Phi) is 5.41. The minimum Gasteiger partial charge on any atom is -0.338 e. The molecule has 0 aliphatic carbocycles. The summed E-state index contributed by atoms with van der Waals surface area (Å²) >= 11 is 0. The van der Waals surface area contributed by atoms with Gasteiger partial charge in [-0.15, -0.1) is 0 Å². The van der Waals surface area contributed by atoms with E-state index >= 15 is 0 Å². The first-order valence-electron chi connectivity index (χ1n) is 10.4. The van der Waals surface area contributed by atoms with Gasteiger partial charge in [0.15, 0.2) is 11.6 Å². The van der Waals surface area contributed by atoms with E-state index in [-0.39, 0.29) is 18.6 Å². The van der Waals surface area contributed by atoms with Crippen molar-refractivity contribution >= 4 is 7.92 Å². The molecule has 0 saturated carbocycles. The molecule has 3 nitrogen and oxygen atoms in total. The summed E-state index contributed by atoms with van der Waals surface area (Å²) in [6.45, 7) is 11.5. The van der Waals surface area contributed by atoms with E-state index in [1.807, 2.05) is 0 Å². The summed E-state index contributed by atoms with van der Waals surface area (Å²) in [6.07, 6.45) is 12.1. The Balaban J connectivity index is 2.09. The summed E-state index contributed by atoms with van der Waals surface area (Å²) in [6, 6.07) is 0. The topological polar surface area (TPSA) is 27.7 Å². The highest BCUT2D eigenvalue weighted by Crippen LogP contribution is 2.79. The molecule has 4 bridgehead atoms. The van der Waals surface area contributed by atoms with Crippen LogP contribution in [0.5, 0.6) is 0 Å². The van der Waals surface area contributed by atoms with Crippen molar-refractivity contribution < 1.29 is 14.2 Å². The monoisotopic (exact) mass is 356 g/mol. The second kappa shape index (κ2) is 6.80. The molecule has 0 spiro atoms. The first-order chi connectivity index (χ1) is 11.5. The number of ether oxygens (including phenoxy) is 3. The largest absolute Gasteiger partial charge is 0.338 e. The summed E-state index contributed by atoms with van der Waals surface area (Å²) < 4.78 is 20.6. The average molecular weight is 356 g/mol. The van der Waals surface area contributed by atoms with E-state index in [1.54, 1.807) is 0 Å². The molecule has 4 heterocycles. The van der Waals surface area contributed by atoms with E-state index in [1.165, 1.54) is 31.8 Å².